The zero-order valence-electron chi connectivity index (χ0n) is 12.2. The Morgan fingerprint density at radius 3 is 2.65 bits per heavy atom. The van der Waals surface area contributed by atoms with Crippen LogP contribution in [0.4, 0.5) is 0 Å². The molecule has 0 N–H and O–H groups in total. The van der Waals surface area contributed by atoms with Crippen LogP contribution in [0.3, 0.4) is 0 Å². The molecule has 0 bridgehead atoms. The number of thioether (sulfide) groups is 1. The number of rotatable bonds is 5. The van der Waals surface area contributed by atoms with Gasteiger partial charge in [-0.3, -0.25) is 4.79 Å². The van der Waals surface area contributed by atoms with Crippen LogP contribution in [0.15, 0.2) is 36.4 Å². The summed E-state index contributed by atoms with van der Waals surface area (Å²) in [5.41, 5.74) is 2.23. The van der Waals surface area contributed by atoms with Gasteiger partial charge in [-0.05, 0) is 41.5 Å². The Hall–Kier alpha value is -1.48. The summed E-state index contributed by atoms with van der Waals surface area (Å²) in [6.07, 6.45) is 0. The summed E-state index contributed by atoms with van der Waals surface area (Å²) in [4.78, 5) is 12.3. The molecule has 106 valence electrons. The highest BCUT2D eigenvalue weighted by Gasteiger charge is 2.25. The SMILES string of the molecule is CCOC(=O)C(SCC)c1c(C)ccc2ccccc12. The van der Waals surface area contributed by atoms with Crippen molar-refractivity contribution in [3.63, 3.8) is 0 Å². The molecule has 0 aliphatic heterocycles. The van der Waals surface area contributed by atoms with E-state index in [1.54, 1.807) is 11.8 Å². The lowest BCUT2D eigenvalue weighted by Crippen LogP contribution is -2.15. The van der Waals surface area contributed by atoms with Crippen molar-refractivity contribution in [2.45, 2.75) is 26.0 Å². The van der Waals surface area contributed by atoms with Crippen LogP contribution in [0.25, 0.3) is 10.8 Å². The maximum atomic E-state index is 12.3. The summed E-state index contributed by atoms with van der Waals surface area (Å²) in [6, 6.07) is 12.4. The molecule has 0 saturated carbocycles. The average molecular weight is 288 g/mol. The number of esters is 1. The normalized spacial score (nSPS) is 12.3. The van der Waals surface area contributed by atoms with Crippen LogP contribution in [0.1, 0.15) is 30.2 Å². The summed E-state index contributed by atoms with van der Waals surface area (Å²) in [5, 5.41) is 2.07. The minimum absolute atomic E-state index is 0.140. The van der Waals surface area contributed by atoms with Crippen molar-refractivity contribution >= 4 is 28.5 Å². The van der Waals surface area contributed by atoms with E-state index in [1.165, 1.54) is 5.39 Å². The summed E-state index contributed by atoms with van der Waals surface area (Å²) in [7, 11) is 0. The maximum absolute atomic E-state index is 12.3. The van der Waals surface area contributed by atoms with Crippen molar-refractivity contribution in [3.05, 3.63) is 47.5 Å². The van der Waals surface area contributed by atoms with E-state index in [0.717, 1.165) is 22.3 Å². The van der Waals surface area contributed by atoms with Crippen molar-refractivity contribution in [2.24, 2.45) is 0 Å². The Morgan fingerprint density at radius 1 is 1.20 bits per heavy atom. The van der Waals surface area contributed by atoms with Crippen LogP contribution >= 0.6 is 11.8 Å². The van der Waals surface area contributed by atoms with E-state index < -0.39 is 0 Å². The fourth-order valence-electron chi connectivity index (χ4n) is 2.41. The van der Waals surface area contributed by atoms with Crippen molar-refractivity contribution in [2.75, 3.05) is 12.4 Å². The Kier molecular flexibility index (Phi) is 5.07. The Labute approximate surface area is 124 Å². The number of carbonyl (C=O) groups excluding carboxylic acids is 1. The highest BCUT2D eigenvalue weighted by molar-refractivity contribution is 8.00. The van der Waals surface area contributed by atoms with Gasteiger partial charge in [-0.25, -0.2) is 0 Å². The average Bonchev–Trinajstić information content (AvgIpc) is 2.46. The minimum Gasteiger partial charge on any atom is -0.465 e. The second-order valence-electron chi connectivity index (χ2n) is 4.60. The molecule has 2 rings (SSSR count). The van der Waals surface area contributed by atoms with Gasteiger partial charge in [0.05, 0.1) is 6.61 Å². The van der Waals surface area contributed by atoms with Gasteiger partial charge in [0.15, 0.2) is 0 Å². The first-order valence-corrected chi connectivity index (χ1v) is 8.00. The van der Waals surface area contributed by atoms with Crippen molar-refractivity contribution in [1.29, 1.82) is 0 Å². The summed E-state index contributed by atoms with van der Waals surface area (Å²) >= 11 is 1.63. The first kappa shape index (κ1) is 14.9. The van der Waals surface area contributed by atoms with Gasteiger partial charge < -0.3 is 4.74 Å². The molecule has 0 radical (unpaired) electrons. The quantitative estimate of drug-likeness (QED) is 0.757. The van der Waals surface area contributed by atoms with Gasteiger partial charge in [0.25, 0.3) is 0 Å². The number of carbonyl (C=O) groups is 1. The minimum atomic E-state index is -0.244. The number of hydrogen-bond donors (Lipinski definition) is 0. The lowest BCUT2D eigenvalue weighted by molar-refractivity contribution is -0.142. The molecule has 0 aliphatic rings. The van der Waals surface area contributed by atoms with E-state index in [4.69, 9.17) is 4.74 Å². The molecule has 3 heteroatoms. The Bertz CT molecular complexity index is 607. The monoisotopic (exact) mass is 288 g/mol. The second-order valence-corrected chi connectivity index (χ2v) is 5.99. The summed E-state index contributed by atoms with van der Waals surface area (Å²) < 4.78 is 5.26. The lowest BCUT2D eigenvalue weighted by atomic mass is 9.97. The Morgan fingerprint density at radius 2 is 1.95 bits per heavy atom. The molecule has 2 nitrogen and oxygen atoms in total. The zero-order chi connectivity index (χ0) is 14.5. The third kappa shape index (κ3) is 2.98. The molecule has 1 atom stereocenters. The molecule has 2 aromatic rings. The van der Waals surface area contributed by atoms with Crippen molar-refractivity contribution in [1.82, 2.24) is 0 Å². The van der Waals surface area contributed by atoms with Gasteiger partial charge in [0.2, 0.25) is 0 Å². The molecule has 0 aromatic heterocycles. The highest BCUT2D eigenvalue weighted by Crippen LogP contribution is 2.37. The van der Waals surface area contributed by atoms with Gasteiger partial charge >= 0.3 is 5.97 Å². The second kappa shape index (κ2) is 6.80. The molecule has 0 saturated heterocycles. The van der Waals surface area contributed by atoms with E-state index in [2.05, 4.69) is 38.1 Å². The molecule has 0 fully saturated rings. The van der Waals surface area contributed by atoms with E-state index >= 15 is 0 Å². The fourth-order valence-corrected chi connectivity index (χ4v) is 3.42. The highest BCUT2D eigenvalue weighted by atomic mass is 32.2. The number of ether oxygens (including phenoxy) is 1. The smallest absolute Gasteiger partial charge is 0.323 e. The predicted molar refractivity (Wildman–Crippen MR) is 86.2 cm³/mol. The summed E-state index contributed by atoms with van der Waals surface area (Å²) in [6.45, 7) is 6.40. The number of hydrogen-bond acceptors (Lipinski definition) is 3. The molecular weight excluding hydrogens is 268 g/mol. The molecule has 0 spiro atoms. The molecule has 20 heavy (non-hydrogen) atoms. The van der Waals surface area contributed by atoms with Crippen molar-refractivity contribution < 1.29 is 9.53 Å². The predicted octanol–water partition coefficient (Wildman–Crippen LogP) is 4.51. The Balaban J connectivity index is 2.57. The van der Waals surface area contributed by atoms with E-state index in [9.17, 15) is 4.79 Å². The van der Waals surface area contributed by atoms with Gasteiger partial charge in [-0.1, -0.05) is 43.3 Å². The third-order valence-electron chi connectivity index (χ3n) is 3.28. The molecular formula is C17H20O2S. The van der Waals surface area contributed by atoms with E-state index in [0.29, 0.717) is 6.61 Å². The van der Waals surface area contributed by atoms with Gasteiger partial charge in [-0.2, -0.15) is 0 Å². The number of fused-ring (bicyclic) bond motifs is 1. The van der Waals surface area contributed by atoms with Crippen LogP contribution in [-0.2, 0) is 9.53 Å². The van der Waals surface area contributed by atoms with Crippen LogP contribution in [0, 0.1) is 6.92 Å². The van der Waals surface area contributed by atoms with Gasteiger partial charge in [0.1, 0.15) is 5.25 Å². The largest absolute Gasteiger partial charge is 0.465 e. The van der Waals surface area contributed by atoms with Crippen LogP contribution in [0.2, 0.25) is 0 Å². The number of benzene rings is 2. The van der Waals surface area contributed by atoms with E-state index in [-0.39, 0.29) is 11.2 Å². The van der Waals surface area contributed by atoms with Gasteiger partial charge in [0, 0.05) is 0 Å². The molecule has 0 heterocycles. The number of aryl methyl sites for hydroxylation is 1. The third-order valence-corrected chi connectivity index (χ3v) is 4.38. The first-order valence-electron chi connectivity index (χ1n) is 6.95. The van der Waals surface area contributed by atoms with Crippen LogP contribution in [0.5, 0.6) is 0 Å². The van der Waals surface area contributed by atoms with Crippen LogP contribution < -0.4 is 0 Å². The standard InChI is InChI=1S/C17H20O2S/c1-4-19-17(18)16(20-5-2)15-12(3)10-11-13-8-6-7-9-14(13)15/h6-11,16H,4-5H2,1-3H3. The first-order chi connectivity index (χ1) is 9.69. The molecule has 0 aliphatic carbocycles. The zero-order valence-corrected chi connectivity index (χ0v) is 13.0. The van der Waals surface area contributed by atoms with E-state index in [1.807, 2.05) is 19.1 Å². The lowest BCUT2D eigenvalue weighted by Gasteiger charge is -2.19. The topological polar surface area (TPSA) is 26.3 Å². The van der Waals surface area contributed by atoms with Gasteiger partial charge in [-0.15, -0.1) is 11.8 Å². The molecule has 2 aromatic carbocycles. The fraction of sp³-hybridized carbons (Fsp3) is 0.353. The molecule has 1 unspecified atom stereocenters. The maximum Gasteiger partial charge on any atom is 0.323 e. The molecule has 0 amide bonds. The van der Waals surface area contributed by atoms with Crippen molar-refractivity contribution in [3.8, 4) is 0 Å². The van der Waals surface area contributed by atoms with Crippen LogP contribution in [-0.4, -0.2) is 18.3 Å². The summed E-state index contributed by atoms with van der Waals surface area (Å²) in [5.74, 6) is 0.741.